The van der Waals surface area contributed by atoms with E-state index in [-0.39, 0.29) is 24.9 Å². The maximum absolute atomic E-state index is 13.4. The van der Waals surface area contributed by atoms with Gasteiger partial charge in [0.1, 0.15) is 5.76 Å². The second kappa shape index (κ2) is 8.88. The van der Waals surface area contributed by atoms with Crippen LogP contribution in [0.4, 0.5) is 19.7 Å². The smallest absolute Gasteiger partial charge is 0.240 e. The van der Waals surface area contributed by atoms with E-state index in [4.69, 9.17) is 4.52 Å². The van der Waals surface area contributed by atoms with Crippen molar-refractivity contribution in [2.24, 2.45) is 0 Å². The van der Waals surface area contributed by atoms with Crippen LogP contribution in [-0.2, 0) is 9.59 Å². The lowest BCUT2D eigenvalue weighted by Crippen LogP contribution is -2.36. The van der Waals surface area contributed by atoms with Gasteiger partial charge in [0.15, 0.2) is 22.6 Å². The molecule has 1 aromatic carbocycles. The molecular formula is C18H17F2N5O3S. The number of benzene rings is 1. The van der Waals surface area contributed by atoms with E-state index in [1.807, 2.05) is 0 Å². The lowest BCUT2D eigenvalue weighted by atomic mass is 10.2. The Morgan fingerprint density at radius 2 is 1.86 bits per heavy atom. The number of amides is 2. The lowest BCUT2D eigenvalue weighted by Gasteiger charge is -2.14. The van der Waals surface area contributed by atoms with Gasteiger partial charge in [-0.15, -0.1) is 11.3 Å². The van der Waals surface area contributed by atoms with Crippen LogP contribution < -0.4 is 10.6 Å². The summed E-state index contributed by atoms with van der Waals surface area (Å²) in [4.78, 5) is 29.8. The van der Waals surface area contributed by atoms with Gasteiger partial charge in [-0.25, -0.2) is 13.8 Å². The van der Waals surface area contributed by atoms with Crippen LogP contribution in [0.2, 0.25) is 0 Å². The summed E-state index contributed by atoms with van der Waals surface area (Å²) >= 11 is 1.15. The van der Waals surface area contributed by atoms with Crippen molar-refractivity contribution in [3.05, 3.63) is 47.0 Å². The Morgan fingerprint density at radius 3 is 2.52 bits per heavy atom. The summed E-state index contributed by atoms with van der Waals surface area (Å²) in [6, 6.07) is 5.04. The molecule has 0 saturated heterocycles. The Hall–Kier alpha value is -3.18. The number of hydrogen-bond donors (Lipinski definition) is 2. The Morgan fingerprint density at radius 1 is 1.14 bits per heavy atom. The molecule has 2 aromatic heterocycles. The molecule has 11 heteroatoms. The molecule has 0 saturated carbocycles. The monoisotopic (exact) mass is 421 g/mol. The SMILES string of the molecule is Cc1cc(NC(=O)CN(C)CC(=O)Nc2nc(-c3ccc(F)c(F)c3)cs2)no1. The van der Waals surface area contributed by atoms with Crippen LogP contribution in [-0.4, -0.2) is 47.0 Å². The minimum Gasteiger partial charge on any atom is -0.360 e. The summed E-state index contributed by atoms with van der Waals surface area (Å²) in [5.74, 6) is -1.76. The minimum atomic E-state index is -0.971. The highest BCUT2D eigenvalue weighted by molar-refractivity contribution is 7.14. The van der Waals surface area contributed by atoms with Crippen molar-refractivity contribution in [1.29, 1.82) is 0 Å². The van der Waals surface area contributed by atoms with E-state index in [2.05, 4.69) is 20.8 Å². The topological polar surface area (TPSA) is 100 Å². The molecule has 0 fully saturated rings. The quantitative estimate of drug-likeness (QED) is 0.609. The summed E-state index contributed by atoms with van der Waals surface area (Å²) < 4.78 is 31.2. The summed E-state index contributed by atoms with van der Waals surface area (Å²) in [5.41, 5.74) is 0.817. The minimum absolute atomic E-state index is 0.0305. The maximum Gasteiger partial charge on any atom is 0.240 e. The fourth-order valence-electron chi connectivity index (χ4n) is 2.43. The fraction of sp³-hybridized carbons (Fsp3) is 0.222. The fourth-order valence-corrected chi connectivity index (χ4v) is 3.17. The van der Waals surface area contributed by atoms with E-state index in [9.17, 15) is 18.4 Å². The first-order chi connectivity index (χ1) is 13.8. The van der Waals surface area contributed by atoms with Crippen molar-refractivity contribution in [3.63, 3.8) is 0 Å². The standard InChI is InChI=1S/C18H17F2N5O3S/c1-10-5-15(24-28-10)22-16(26)7-25(2)8-17(27)23-18-21-14(9-29-18)11-3-4-12(19)13(20)6-11/h3-6,9H,7-8H2,1-2H3,(H,21,23,27)(H,22,24,26). The number of aromatic nitrogens is 2. The normalized spacial score (nSPS) is 10.9. The molecule has 0 bridgehead atoms. The molecule has 0 unspecified atom stereocenters. The molecule has 2 N–H and O–H groups in total. The first-order valence-electron chi connectivity index (χ1n) is 8.42. The highest BCUT2D eigenvalue weighted by Gasteiger charge is 2.14. The zero-order valence-electron chi connectivity index (χ0n) is 15.5. The molecule has 0 radical (unpaired) electrons. The van der Waals surface area contributed by atoms with Crippen LogP contribution in [0.15, 0.2) is 34.2 Å². The van der Waals surface area contributed by atoms with Gasteiger partial charge in [0.2, 0.25) is 11.8 Å². The average Bonchev–Trinajstić information content (AvgIpc) is 3.26. The van der Waals surface area contributed by atoms with Gasteiger partial charge in [0, 0.05) is 17.0 Å². The van der Waals surface area contributed by atoms with Crippen molar-refractivity contribution in [3.8, 4) is 11.3 Å². The van der Waals surface area contributed by atoms with E-state index in [0.29, 0.717) is 28.0 Å². The molecule has 0 aliphatic carbocycles. The number of anilines is 2. The second-order valence-electron chi connectivity index (χ2n) is 6.26. The summed E-state index contributed by atoms with van der Waals surface area (Å²) in [6.07, 6.45) is 0. The van der Waals surface area contributed by atoms with Gasteiger partial charge in [-0.3, -0.25) is 14.5 Å². The third-order valence-electron chi connectivity index (χ3n) is 3.69. The number of rotatable bonds is 7. The molecule has 29 heavy (non-hydrogen) atoms. The van der Waals surface area contributed by atoms with Gasteiger partial charge in [-0.05, 0) is 32.2 Å². The van der Waals surface area contributed by atoms with E-state index < -0.39 is 11.6 Å². The number of halogens is 2. The first kappa shape index (κ1) is 20.6. The van der Waals surface area contributed by atoms with Crippen LogP contribution in [0.25, 0.3) is 11.3 Å². The Labute approximate surface area is 168 Å². The predicted octanol–water partition coefficient (Wildman–Crippen LogP) is 2.89. The van der Waals surface area contributed by atoms with Crippen molar-refractivity contribution in [2.75, 3.05) is 30.8 Å². The van der Waals surface area contributed by atoms with Gasteiger partial charge < -0.3 is 15.2 Å². The van der Waals surface area contributed by atoms with Crippen molar-refractivity contribution in [1.82, 2.24) is 15.0 Å². The molecule has 3 rings (SSSR count). The van der Waals surface area contributed by atoms with Crippen LogP contribution in [0.3, 0.4) is 0 Å². The number of carbonyl (C=O) groups is 2. The molecule has 0 spiro atoms. The largest absolute Gasteiger partial charge is 0.360 e. The number of likely N-dealkylation sites (N-methyl/N-ethyl adjacent to an activating group) is 1. The molecule has 3 aromatic rings. The highest BCUT2D eigenvalue weighted by Crippen LogP contribution is 2.26. The van der Waals surface area contributed by atoms with Crippen LogP contribution in [0, 0.1) is 18.6 Å². The summed E-state index contributed by atoms with van der Waals surface area (Å²) in [6.45, 7) is 1.62. The Kier molecular flexibility index (Phi) is 6.29. The van der Waals surface area contributed by atoms with Crippen molar-refractivity contribution in [2.45, 2.75) is 6.92 Å². The van der Waals surface area contributed by atoms with Crippen LogP contribution in [0.1, 0.15) is 5.76 Å². The maximum atomic E-state index is 13.4. The third-order valence-corrected chi connectivity index (χ3v) is 4.45. The van der Waals surface area contributed by atoms with Gasteiger partial charge in [-0.1, -0.05) is 5.16 Å². The third kappa shape index (κ3) is 5.65. The number of nitrogens with zero attached hydrogens (tertiary/aromatic N) is 3. The molecule has 8 nitrogen and oxygen atoms in total. The zero-order valence-corrected chi connectivity index (χ0v) is 16.3. The predicted molar refractivity (Wildman–Crippen MR) is 103 cm³/mol. The molecule has 0 aliphatic heterocycles. The highest BCUT2D eigenvalue weighted by atomic mass is 32.1. The molecular weight excluding hydrogens is 404 g/mol. The number of aryl methyl sites for hydroxylation is 1. The molecule has 152 valence electrons. The van der Waals surface area contributed by atoms with Crippen LogP contribution >= 0.6 is 11.3 Å². The van der Waals surface area contributed by atoms with Crippen LogP contribution in [0.5, 0.6) is 0 Å². The van der Waals surface area contributed by atoms with Gasteiger partial charge in [-0.2, -0.15) is 0 Å². The molecule has 0 aliphatic rings. The molecule has 0 atom stereocenters. The molecule has 2 heterocycles. The average molecular weight is 421 g/mol. The molecule has 2 amide bonds. The van der Waals surface area contributed by atoms with Gasteiger partial charge in [0.05, 0.1) is 18.8 Å². The number of carbonyl (C=O) groups excluding carboxylic acids is 2. The number of hydrogen-bond acceptors (Lipinski definition) is 7. The van der Waals surface area contributed by atoms with Gasteiger partial charge >= 0.3 is 0 Å². The van der Waals surface area contributed by atoms with Gasteiger partial charge in [0.25, 0.3) is 0 Å². The Balaban J connectivity index is 1.50. The zero-order chi connectivity index (χ0) is 21.0. The first-order valence-corrected chi connectivity index (χ1v) is 9.30. The van der Waals surface area contributed by atoms with E-state index in [1.54, 1.807) is 25.4 Å². The van der Waals surface area contributed by atoms with E-state index in [0.717, 1.165) is 23.5 Å². The Bertz CT molecular complexity index is 1040. The second-order valence-corrected chi connectivity index (χ2v) is 7.12. The summed E-state index contributed by atoms with van der Waals surface area (Å²) in [7, 11) is 1.61. The number of thiazole rings is 1. The van der Waals surface area contributed by atoms with E-state index >= 15 is 0 Å². The van der Waals surface area contributed by atoms with E-state index in [1.165, 1.54) is 11.0 Å². The summed E-state index contributed by atoms with van der Waals surface area (Å²) in [5, 5.41) is 10.8. The lowest BCUT2D eigenvalue weighted by molar-refractivity contribution is -0.119. The van der Waals surface area contributed by atoms with Crippen molar-refractivity contribution >= 4 is 34.1 Å². The van der Waals surface area contributed by atoms with Crippen molar-refractivity contribution < 1.29 is 22.9 Å². The number of nitrogens with one attached hydrogen (secondary N) is 2.